The van der Waals surface area contributed by atoms with Crippen LogP contribution in [0.4, 0.5) is 13.2 Å². The third kappa shape index (κ3) is 3.57. The van der Waals surface area contributed by atoms with Crippen LogP contribution >= 0.6 is 0 Å². The van der Waals surface area contributed by atoms with Gasteiger partial charge < -0.3 is 10.1 Å². The lowest BCUT2D eigenvalue weighted by molar-refractivity contribution is -0.125. The first kappa shape index (κ1) is 13.6. The number of alkyl halides is 3. The molecule has 1 heterocycles. The molecule has 0 radical (unpaired) electrons. The van der Waals surface area contributed by atoms with Crippen molar-refractivity contribution in [3.8, 4) is 5.75 Å². The van der Waals surface area contributed by atoms with E-state index in [-0.39, 0.29) is 6.54 Å². The van der Waals surface area contributed by atoms with Crippen molar-refractivity contribution in [1.29, 1.82) is 0 Å². The average molecular weight is 270 g/mol. The van der Waals surface area contributed by atoms with E-state index in [0.29, 0.717) is 17.0 Å². The Morgan fingerprint density at radius 2 is 2.00 bits per heavy atom. The second kappa shape index (κ2) is 5.44. The summed E-state index contributed by atoms with van der Waals surface area (Å²) in [6, 6.07) is 8.99. The van der Waals surface area contributed by atoms with Gasteiger partial charge in [0.15, 0.2) is 0 Å². The molecule has 102 valence electrons. The third-order valence-corrected chi connectivity index (χ3v) is 2.59. The number of ether oxygens (including phenoxy) is 1. The summed E-state index contributed by atoms with van der Waals surface area (Å²) >= 11 is 0. The topological polar surface area (TPSA) is 34.1 Å². The van der Waals surface area contributed by atoms with Gasteiger partial charge in [-0.05, 0) is 12.1 Å². The van der Waals surface area contributed by atoms with E-state index in [9.17, 15) is 13.2 Å². The zero-order chi connectivity index (χ0) is 13.9. The van der Waals surface area contributed by atoms with Crippen molar-refractivity contribution < 1.29 is 17.9 Å². The van der Waals surface area contributed by atoms with Gasteiger partial charge in [0.05, 0.1) is 19.3 Å². The zero-order valence-corrected chi connectivity index (χ0v) is 10.3. The van der Waals surface area contributed by atoms with Gasteiger partial charge in [-0.1, -0.05) is 18.2 Å². The Labute approximate surface area is 108 Å². The predicted octanol–water partition coefficient (Wildman–Crippen LogP) is 2.90. The molecule has 0 fully saturated rings. The van der Waals surface area contributed by atoms with Gasteiger partial charge in [0.1, 0.15) is 11.3 Å². The highest BCUT2D eigenvalue weighted by atomic mass is 19.4. The van der Waals surface area contributed by atoms with Crippen molar-refractivity contribution in [2.75, 3.05) is 13.7 Å². The molecule has 3 nitrogen and oxygen atoms in total. The van der Waals surface area contributed by atoms with Crippen LogP contribution < -0.4 is 10.1 Å². The van der Waals surface area contributed by atoms with Crippen molar-refractivity contribution in [3.05, 3.63) is 36.0 Å². The molecule has 0 spiro atoms. The lowest BCUT2D eigenvalue weighted by Gasteiger charge is -2.09. The molecule has 0 saturated heterocycles. The highest BCUT2D eigenvalue weighted by molar-refractivity contribution is 5.84. The number of hydrogen-bond donors (Lipinski definition) is 1. The maximum atomic E-state index is 12.0. The smallest absolute Gasteiger partial charge is 0.401 e. The molecular formula is C13H13F3N2O. The molecule has 1 N–H and O–H groups in total. The molecule has 1 aromatic carbocycles. The fourth-order valence-electron chi connectivity index (χ4n) is 1.76. The van der Waals surface area contributed by atoms with Crippen LogP contribution in [0.2, 0.25) is 0 Å². The van der Waals surface area contributed by atoms with Gasteiger partial charge in [0.25, 0.3) is 0 Å². The van der Waals surface area contributed by atoms with Gasteiger partial charge in [-0.2, -0.15) is 13.2 Å². The van der Waals surface area contributed by atoms with Crippen LogP contribution in [-0.2, 0) is 6.54 Å². The van der Waals surface area contributed by atoms with Gasteiger partial charge in [-0.25, -0.2) is 4.98 Å². The Hall–Kier alpha value is -1.82. The molecule has 0 saturated carbocycles. The highest BCUT2D eigenvalue weighted by Crippen LogP contribution is 2.23. The SMILES string of the molecule is COc1cccc2ccc(CNCC(F)(F)F)nc12. The van der Waals surface area contributed by atoms with E-state index in [2.05, 4.69) is 10.3 Å². The van der Waals surface area contributed by atoms with Gasteiger partial charge in [-0.3, -0.25) is 0 Å². The number of methoxy groups -OCH3 is 1. The fourth-order valence-corrected chi connectivity index (χ4v) is 1.76. The second-order valence-corrected chi connectivity index (χ2v) is 4.05. The fraction of sp³-hybridized carbons (Fsp3) is 0.308. The summed E-state index contributed by atoms with van der Waals surface area (Å²) in [7, 11) is 1.53. The number of benzene rings is 1. The summed E-state index contributed by atoms with van der Waals surface area (Å²) in [5.74, 6) is 0.607. The normalized spacial score (nSPS) is 11.8. The number of pyridine rings is 1. The molecule has 2 aromatic rings. The van der Waals surface area contributed by atoms with E-state index in [4.69, 9.17) is 4.74 Å². The molecular weight excluding hydrogens is 257 g/mol. The Morgan fingerprint density at radius 3 is 2.68 bits per heavy atom. The number of hydrogen-bond acceptors (Lipinski definition) is 3. The number of aromatic nitrogens is 1. The molecule has 0 aliphatic carbocycles. The number of para-hydroxylation sites is 1. The molecule has 0 bridgehead atoms. The van der Waals surface area contributed by atoms with Crippen molar-refractivity contribution in [3.63, 3.8) is 0 Å². The second-order valence-electron chi connectivity index (χ2n) is 4.05. The van der Waals surface area contributed by atoms with Gasteiger partial charge in [0.2, 0.25) is 0 Å². The summed E-state index contributed by atoms with van der Waals surface area (Å²) in [6.07, 6.45) is -4.21. The van der Waals surface area contributed by atoms with Crippen LogP contribution in [0.15, 0.2) is 30.3 Å². The van der Waals surface area contributed by atoms with E-state index >= 15 is 0 Å². The zero-order valence-electron chi connectivity index (χ0n) is 10.3. The molecule has 1 aromatic heterocycles. The molecule has 6 heteroatoms. The Kier molecular flexibility index (Phi) is 3.90. The molecule has 0 aliphatic rings. The first-order chi connectivity index (χ1) is 8.99. The standard InChI is InChI=1S/C13H13F3N2O/c1-19-11-4-2-3-9-5-6-10(18-12(9)11)7-17-8-13(14,15)16/h2-6,17H,7-8H2,1H3. The van der Waals surface area contributed by atoms with Crippen molar-refractivity contribution in [2.24, 2.45) is 0 Å². The summed E-state index contributed by atoms with van der Waals surface area (Å²) < 4.78 is 41.3. The number of fused-ring (bicyclic) bond motifs is 1. The Balaban J connectivity index is 2.17. The Morgan fingerprint density at radius 1 is 1.21 bits per heavy atom. The van der Waals surface area contributed by atoms with E-state index in [0.717, 1.165) is 5.39 Å². The van der Waals surface area contributed by atoms with Gasteiger partial charge in [0, 0.05) is 11.9 Å². The van der Waals surface area contributed by atoms with Gasteiger partial charge >= 0.3 is 6.18 Å². The number of halogens is 3. The highest BCUT2D eigenvalue weighted by Gasteiger charge is 2.26. The minimum atomic E-state index is -4.21. The van der Waals surface area contributed by atoms with Crippen LogP contribution in [0, 0.1) is 0 Å². The van der Waals surface area contributed by atoms with Crippen LogP contribution in [0.5, 0.6) is 5.75 Å². The summed E-state index contributed by atoms with van der Waals surface area (Å²) in [6.45, 7) is -0.966. The molecule has 0 aliphatic heterocycles. The van der Waals surface area contributed by atoms with Crippen molar-refractivity contribution in [1.82, 2.24) is 10.3 Å². The van der Waals surface area contributed by atoms with Crippen molar-refractivity contribution >= 4 is 10.9 Å². The monoisotopic (exact) mass is 270 g/mol. The van der Waals surface area contributed by atoms with Gasteiger partial charge in [-0.15, -0.1) is 0 Å². The summed E-state index contributed by atoms with van der Waals surface area (Å²) in [5.41, 5.74) is 1.19. The average Bonchev–Trinajstić information content (AvgIpc) is 2.36. The summed E-state index contributed by atoms with van der Waals surface area (Å²) in [4.78, 5) is 4.31. The number of rotatable bonds is 4. The van der Waals surface area contributed by atoms with Crippen molar-refractivity contribution in [2.45, 2.75) is 12.7 Å². The van der Waals surface area contributed by atoms with Crippen LogP contribution in [-0.4, -0.2) is 24.8 Å². The first-order valence-corrected chi connectivity index (χ1v) is 5.70. The predicted molar refractivity (Wildman–Crippen MR) is 66.1 cm³/mol. The molecule has 0 atom stereocenters. The van der Waals surface area contributed by atoms with Crippen LogP contribution in [0.3, 0.4) is 0 Å². The maximum absolute atomic E-state index is 12.0. The number of nitrogens with one attached hydrogen (secondary N) is 1. The quantitative estimate of drug-likeness (QED) is 0.927. The number of nitrogens with zero attached hydrogens (tertiary/aromatic N) is 1. The largest absolute Gasteiger partial charge is 0.494 e. The Bertz CT molecular complexity index is 569. The van der Waals surface area contributed by atoms with Crippen LogP contribution in [0.25, 0.3) is 10.9 Å². The first-order valence-electron chi connectivity index (χ1n) is 5.70. The van der Waals surface area contributed by atoms with E-state index in [1.54, 1.807) is 12.1 Å². The molecule has 2 rings (SSSR count). The van der Waals surface area contributed by atoms with E-state index < -0.39 is 12.7 Å². The lowest BCUT2D eigenvalue weighted by atomic mass is 10.2. The maximum Gasteiger partial charge on any atom is 0.401 e. The summed E-state index contributed by atoms with van der Waals surface area (Å²) in [5, 5.41) is 3.20. The molecule has 19 heavy (non-hydrogen) atoms. The minimum Gasteiger partial charge on any atom is -0.494 e. The molecule has 0 unspecified atom stereocenters. The molecule has 0 amide bonds. The van der Waals surface area contributed by atoms with E-state index in [1.807, 2.05) is 18.2 Å². The van der Waals surface area contributed by atoms with E-state index in [1.165, 1.54) is 7.11 Å². The lowest BCUT2D eigenvalue weighted by Crippen LogP contribution is -2.28. The minimum absolute atomic E-state index is 0.0630. The third-order valence-electron chi connectivity index (χ3n) is 2.59. The van der Waals surface area contributed by atoms with Crippen LogP contribution in [0.1, 0.15) is 5.69 Å².